The van der Waals surface area contributed by atoms with E-state index in [2.05, 4.69) is 10.2 Å². The third kappa shape index (κ3) is 3.92. The lowest BCUT2D eigenvalue weighted by molar-refractivity contribution is -0.115. The van der Waals surface area contributed by atoms with Gasteiger partial charge in [0.15, 0.2) is 0 Å². The highest BCUT2D eigenvalue weighted by Crippen LogP contribution is 2.48. The SMILES string of the molecule is COc1cccc(-c2nnc(SCC(=O)N3c4ccccc4Sc4ccccc43)o2)c1. The number of hydrogen-bond donors (Lipinski definition) is 0. The van der Waals surface area contributed by atoms with Gasteiger partial charge in [-0.05, 0) is 42.5 Å². The second-order valence-electron chi connectivity index (χ2n) is 6.66. The molecule has 154 valence electrons. The van der Waals surface area contributed by atoms with Crippen molar-refractivity contribution in [1.82, 2.24) is 10.2 Å². The Bertz CT molecular complexity index is 1210. The Hall–Kier alpha value is -3.23. The largest absolute Gasteiger partial charge is 0.497 e. The van der Waals surface area contributed by atoms with E-state index in [1.807, 2.05) is 72.8 Å². The minimum atomic E-state index is -0.0497. The monoisotopic (exact) mass is 447 g/mol. The van der Waals surface area contributed by atoms with Crippen LogP contribution in [-0.2, 0) is 4.79 Å². The third-order valence-electron chi connectivity index (χ3n) is 4.72. The highest BCUT2D eigenvalue weighted by atomic mass is 32.2. The normalized spacial score (nSPS) is 12.2. The molecule has 1 amide bonds. The van der Waals surface area contributed by atoms with Crippen molar-refractivity contribution in [3.8, 4) is 17.2 Å². The molecule has 1 aliphatic heterocycles. The van der Waals surface area contributed by atoms with Crippen LogP contribution in [0.2, 0.25) is 0 Å². The van der Waals surface area contributed by atoms with E-state index in [0.29, 0.717) is 16.9 Å². The van der Waals surface area contributed by atoms with Gasteiger partial charge in [-0.25, -0.2) is 0 Å². The van der Waals surface area contributed by atoms with Crippen molar-refractivity contribution in [3.63, 3.8) is 0 Å². The number of aromatic nitrogens is 2. The van der Waals surface area contributed by atoms with Gasteiger partial charge in [-0.15, -0.1) is 10.2 Å². The fourth-order valence-electron chi connectivity index (χ4n) is 3.30. The molecule has 0 radical (unpaired) electrons. The number of carbonyl (C=O) groups excluding carboxylic acids is 1. The number of para-hydroxylation sites is 2. The molecule has 6 nitrogen and oxygen atoms in total. The number of methoxy groups -OCH3 is 1. The van der Waals surface area contributed by atoms with E-state index in [1.165, 1.54) is 11.8 Å². The second kappa shape index (κ2) is 8.49. The van der Waals surface area contributed by atoms with Gasteiger partial charge in [0.2, 0.25) is 11.8 Å². The number of fused-ring (bicyclic) bond motifs is 2. The summed E-state index contributed by atoms with van der Waals surface area (Å²) in [4.78, 5) is 17.1. The average Bonchev–Trinajstić information content (AvgIpc) is 3.30. The average molecular weight is 448 g/mol. The number of rotatable bonds is 5. The Kier molecular flexibility index (Phi) is 5.40. The molecule has 3 aromatic carbocycles. The van der Waals surface area contributed by atoms with Crippen molar-refractivity contribution in [2.75, 3.05) is 17.8 Å². The van der Waals surface area contributed by atoms with Gasteiger partial charge < -0.3 is 9.15 Å². The summed E-state index contributed by atoms with van der Waals surface area (Å²) in [6, 6.07) is 23.2. The second-order valence-corrected chi connectivity index (χ2v) is 8.67. The lowest BCUT2D eigenvalue weighted by Crippen LogP contribution is -2.29. The van der Waals surface area contributed by atoms with Gasteiger partial charge >= 0.3 is 0 Å². The van der Waals surface area contributed by atoms with Crippen LogP contribution in [0.4, 0.5) is 11.4 Å². The van der Waals surface area contributed by atoms with Crippen LogP contribution in [0.3, 0.4) is 0 Å². The zero-order chi connectivity index (χ0) is 21.2. The smallest absolute Gasteiger partial charge is 0.277 e. The number of anilines is 2. The first-order valence-corrected chi connectivity index (χ1v) is 11.3. The molecule has 0 bridgehead atoms. The van der Waals surface area contributed by atoms with Crippen LogP contribution in [0.25, 0.3) is 11.5 Å². The predicted octanol–water partition coefficient (Wildman–Crippen LogP) is 5.67. The Labute approximate surface area is 187 Å². The van der Waals surface area contributed by atoms with Gasteiger partial charge in [-0.2, -0.15) is 0 Å². The van der Waals surface area contributed by atoms with Crippen molar-refractivity contribution in [2.45, 2.75) is 15.0 Å². The minimum absolute atomic E-state index is 0.0497. The van der Waals surface area contributed by atoms with E-state index in [9.17, 15) is 4.79 Å². The summed E-state index contributed by atoms with van der Waals surface area (Å²) in [5, 5.41) is 8.53. The fraction of sp³-hybridized carbons (Fsp3) is 0.0870. The van der Waals surface area contributed by atoms with Gasteiger partial charge in [0, 0.05) is 15.4 Å². The highest BCUT2D eigenvalue weighted by Gasteiger charge is 2.28. The molecule has 0 unspecified atom stereocenters. The maximum atomic E-state index is 13.2. The molecular weight excluding hydrogens is 430 g/mol. The van der Waals surface area contributed by atoms with Crippen molar-refractivity contribution >= 4 is 40.8 Å². The van der Waals surface area contributed by atoms with Crippen molar-refractivity contribution in [1.29, 1.82) is 0 Å². The summed E-state index contributed by atoms with van der Waals surface area (Å²) in [5.74, 6) is 1.22. The van der Waals surface area contributed by atoms with Gasteiger partial charge in [-0.1, -0.05) is 53.9 Å². The Morgan fingerprint density at radius 2 is 1.71 bits per heavy atom. The zero-order valence-electron chi connectivity index (χ0n) is 16.5. The number of thioether (sulfide) groups is 1. The summed E-state index contributed by atoms with van der Waals surface area (Å²) in [7, 11) is 1.61. The summed E-state index contributed by atoms with van der Waals surface area (Å²) < 4.78 is 11.0. The third-order valence-corrected chi connectivity index (χ3v) is 6.66. The number of nitrogens with zero attached hydrogens (tertiary/aromatic N) is 3. The molecule has 8 heteroatoms. The number of ether oxygens (including phenoxy) is 1. The van der Waals surface area contributed by atoms with Crippen LogP contribution in [0.5, 0.6) is 5.75 Å². The summed E-state index contributed by atoms with van der Waals surface area (Å²) in [5.41, 5.74) is 2.54. The molecule has 2 heterocycles. The van der Waals surface area contributed by atoms with E-state index >= 15 is 0 Å². The number of carbonyl (C=O) groups is 1. The van der Waals surface area contributed by atoms with Crippen molar-refractivity contribution in [2.24, 2.45) is 0 Å². The van der Waals surface area contributed by atoms with Crippen LogP contribution in [-0.4, -0.2) is 29.0 Å². The fourth-order valence-corrected chi connectivity index (χ4v) is 4.97. The first-order valence-electron chi connectivity index (χ1n) is 9.52. The molecule has 1 aliphatic rings. The molecule has 0 atom stereocenters. The number of hydrogen-bond acceptors (Lipinski definition) is 7. The predicted molar refractivity (Wildman–Crippen MR) is 121 cm³/mol. The molecule has 0 saturated heterocycles. The van der Waals surface area contributed by atoms with E-state index < -0.39 is 0 Å². The van der Waals surface area contributed by atoms with Crippen LogP contribution in [0, 0.1) is 0 Å². The lowest BCUT2D eigenvalue weighted by Gasteiger charge is -2.30. The lowest BCUT2D eigenvalue weighted by atomic mass is 10.2. The Balaban J connectivity index is 1.36. The summed E-state index contributed by atoms with van der Waals surface area (Å²) in [6.45, 7) is 0. The first kappa shape index (κ1) is 19.7. The van der Waals surface area contributed by atoms with Gasteiger partial charge in [0.1, 0.15) is 5.75 Å². The minimum Gasteiger partial charge on any atom is -0.497 e. The highest BCUT2D eigenvalue weighted by molar-refractivity contribution is 8.00. The summed E-state index contributed by atoms with van der Waals surface area (Å²) in [6.07, 6.45) is 0. The van der Waals surface area contributed by atoms with E-state index in [0.717, 1.165) is 26.7 Å². The molecule has 0 spiro atoms. The van der Waals surface area contributed by atoms with Crippen LogP contribution in [0.15, 0.2) is 92.2 Å². The van der Waals surface area contributed by atoms with E-state index in [-0.39, 0.29) is 11.7 Å². The van der Waals surface area contributed by atoms with Crippen LogP contribution < -0.4 is 9.64 Å². The van der Waals surface area contributed by atoms with Crippen molar-refractivity contribution in [3.05, 3.63) is 72.8 Å². The quantitative estimate of drug-likeness (QED) is 0.365. The maximum Gasteiger partial charge on any atom is 0.277 e. The van der Waals surface area contributed by atoms with E-state index in [4.69, 9.17) is 9.15 Å². The zero-order valence-corrected chi connectivity index (χ0v) is 18.2. The van der Waals surface area contributed by atoms with Crippen LogP contribution >= 0.6 is 23.5 Å². The molecular formula is C23H17N3O3S2. The van der Waals surface area contributed by atoms with Gasteiger partial charge in [0.25, 0.3) is 5.22 Å². The molecule has 4 aromatic rings. The Morgan fingerprint density at radius 3 is 2.42 bits per heavy atom. The first-order chi connectivity index (χ1) is 15.2. The van der Waals surface area contributed by atoms with Gasteiger partial charge in [-0.3, -0.25) is 9.69 Å². The summed E-state index contributed by atoms with van der Waals surface area (Å²) >= 11 is 2.90. The topological polar surface area (TPSA) is 68.5 Å². The van der Waals surface area contributed by atoms with Gasteiger partial charge in [0.05, 0.1) is 24.2 Å². The standard InChI is InChI=1S/C23H17N3O3S2/c1-28-16-8-6-7-15(13-16)22-24-25-23(29-22)30-14-21(27)26-17-9-2-4-11-19(17)31-20-12-5-3-10-18(20)26/h2-13H,14H2,1H3. The Morgan fingerprint density at radius 1 is 1.00 bits per heavy atom. The molecule has 0 aliphatic carbocycles. The van der Waals surface area contributed by atoms with Crippen LogP contribution in [0.1, 0.15) is 0 Å². The molecule has 5 rings (SSSR count). The molecule has 31 heavy (non-hydrogen) atoms. The number of benzene rings is 3. The maximum absolute atomic E-state index is 13.2. The molecule has 0 fully saturated rings. The number of amides is 1. The van der Waals surface area contributed by atoms with E-state index in [1.54, 1.807) is 23.8 Å². The molecule has 1 aromatic heterocycles. The molecule has 0 N–H and O–H groups in total. The molecule has 0 saturated carbocycles. The van der Waals surface area contributed by atoms with Crippen molar-refractivity contribution < 1.29 is 13.9 Å².